The summed E-state index contributed by atoms with van der Waals surface area (Å²) >= 11 is 0. The van der Waals surface area contributed by atoms with Crippen molar-refractivity contribution in [2.45, 2.75) is 36.9 Å². The van der Waals surface area contributed by atoms with Crippen LogP contribution in [0.2, 0.25) is 0 Å². The van der Waals surface area contributed by atoms with Crippen LogP contribution in [0.25, 0.3) is 0 Å². The maximum atomic E-state index is 13.9. The van der Waals surface area contributed by atoms with Gasteiger partial charge < -0.3 is 24.1 Å². The lowest BCUT2D eigenvalue weighted by atomic mass is 9.74. The molecule has 0 bridgehead atoms. The first kappa shape index (κ1) is 36.0. The lowest BCUT2D eigenvalue weighted by Crippen LogP contribution is -2.66. The highest BCUT2D eigenvalue weighted by molar-refractivity contribution is 5.99. The summed E-state index contributed by atoms with van der Waals surface area (Å²) < 4.78 is 24.4. The second-order valence-electron chi connectivity index (χ2n) is 13.2. The molecule has 2 unspecified atom stereocenters. The van der Waals surface area contributed by atoms with Gasteiger partial charge in [0.05, 0.1) is 22.3 Å². The van der Waals surface area contributed by atoms with Crippen molar-refractivity contribution in [3.63, 3.8) is 0 Å². The van der Waals surface area contributed by atoms with E-state index in [1.165, 1.54) is 48.5 Å². The Bertz CT molecular complexity index is 2090. The molecule has 2 aliphatic carbocycles. The van der Waals surface area contributed by atoms with Gasteiger partial charge in [-0.15, -0.1) is 0 Å². The Balaban J connectivity index is 1.34. The highest BCUT2D eigenvalue weighted by atomic mass is 16.6. The Hall–Kier alpha value is -6.39. The van der Waals surface area contributed by atoms with E-state index in [4.69, 9.17) is 18.9 Å². The van der Waals surface area contributed by atoms with Gasteiger partial charge in [-0.05, 0) is 60.9 Å². The molecule has 0 spiro atoms. The maximum Gasteiger partial charge on any atom is 0.338 e. The fourth-order valence-corrected chi connectivity index (χ4v) is 7.07. The molecule has 2 saturated carbocycles. The number of ether oxygens (including phenoxy) is 4. The molecular formula is C44H36O10. The topological polar surface area (TPSA) is 142 Å². The zero-order valence-electron chi connectivity index (χ0n) is 28.9. The van der Waals surface area contributed by atoms with E-state index < -0.39 is 72.2 Å². The molecule has 0 saturated heterocycles. The van der Waals surface area contributed by atoms with Crippen molar-refractivity contribution in [2.24, 2.45) is 17.8 Å². The number of hydrogen-bond acceptors (Lipinski definition) is 10. The van der Waals surface area contributed by atoms with Crippen molar-refractivity contribution in [3.8, 4) is 0 Å². The molecule has 0 aromatic heterocycles. The normalized spacial score (nSPS) is 24.3. The molecule has 0 heterocycles. The molecular weight excluding hydrogens is 688 g/mol. The molecule has 54 heavy (non-hydrogen) atoms. The Kier molecular flexibility index (Phi) is 10.7. The van der Waals surface area contributed by atoms with Crippen molar-refractivity contribution in [1.82, 2.24) is 0 Å². The lowest BCUT2D eigenvalue weighted by molar-refractivity contribution is -0.209. The smallest absolute Gasteiger partial charge is 0.338 e. The lowest BCUT2D eigenvalue weighted by Gasteiger charge is -2.47. The average molecular weight is 725 g/mol. The number of ketones is 1. The molecule has 5 aromatic carbocycles. The fourth-order valence-electron chi connectivity index (χ4n) is 7.07. The summed E-state index contributed by atoms with van der Waals surface area (Å²) in [7, 11) is 0. The van der Waals surface area contributed by atoms with E-state index in [0.717, 1.165) is 0 Å². The van der Waals surface area contributed by atoms with Crippen molar-refractivity contribution in [3.05, 3.63) is 179 Å². The highest BCUT2D eigenvalue weighted by Crippen LogP contribution is 2.53. The third kappa shape index (κ3) is 7.84. The average Bonchev–Trinajstić information content (AvgIpc) is 4.02. The van der Waals surface area contributed by atoms with Crippen LogP contribution in [0.15, 0.2) is 152 Å². The van der Waals surface area contributed by atoms with E-state index in [2.05, 4.69) is 0 Å². The standard InChI is InChI=1S/C44H36O10/c45-35(27-16-6-1-7-17-27)33-26-32(33)34-36(46)38(52-42(48)29-20-10-3-11-21-29)40(54-44(50)31-24-14-5-15-25-31)39(53-43(49)30-22-12-4-13-23-30)37(34)51-41(47)28-18-8-2-9-19-28/h1-25,32-34,36-40,46H,26H2/t32?,33?,34-,36+,37+,38+,39-,40-/m0/s1. The number of carbonyl (C=O) groups is 5. The van der Waals surface area contributed by atoms with Crippen LogP contribution in [0, 0.1) is 17.8 Å². The van der Waals surface area contributed by atoms with E-state index in [9.17, 15) is 29.1 Å². The molecule has 1 N–H and O–H groups in total. The van der Waals surface area contributed by atoms with Gasteiger partial charge in [-0.2, -0.15) is 0 Å². The van der Waals surface area contributed by atoms with Crippen molar-refractivity contribution >= 4 is 29.7 Å². The predicted molar refractivity (Wildman–Crippen MR) is 194 cm³/mol. The molecule has 8 atom stereocenters. The summed E-state index contributed by atoms with van der Waals surface area (Å²) in [5.74, 6) is -5.90. The molecule has 10 nitrogen and oxygen atoms in total. The number of esters is 4. The van der Waals surface area contributed by atoms with Crippen LogP contribution >= 0.6 is 0 Å². The van der Waals surface area contributed by atoms with Crippen LogP contribution < -0.4 is 0 Å². The van der Waals surface area contributed by atoms with Gasteiger partial charge in [0.2, 0.25) is 0 Å². The first-order valence-electron chi connectivity index (χ1n) is 17.6. The van der Waals surface area contributed by atoms with Crippen LogP contribution in [0.5, 0.6) is 0 Å². The van der Waals surface area contributed by atoms with Crippen molar-refractivity contribution in [1.29, 1.82) is 0 Å². The number of benzene rings is 5. The Morgan fingerprint density at radius 3 is 1.07 bits per heavy atom. The van der Waals surface area contributed by atoms with Gasteiger partial charge in [0.1, 0.15) is 12.2 Å². The van der Waals surface area contributed by atoms with E-state index in [1.807, 2.05) is 0 Å². The zero-order valence-corrected chi connectivity index (χ0v) is 28.9. The van der Waals surface area contributed by atoms with Gasteiger partial charge >= 0.3 is 23.9 Å². The number of aliphatic hydroxyl groups excluding tert-OH is 1. The second kappa shape index (κ2) is 16.1. The minimum Gasteiger partial charge on any atom is -0.454 e. The minimum atomic E-state index is -1.68. The van der Waals surface area contributed by atoms with Crippen LogP contribution in [-0.2, 0) is 18.9 Å². The van der Waals surface area contributed by atoms with Gasteiger partial charge in [-0.3, -0.25) is 4.79 Å². The molecule has 7 rings (SSSR count). The van der Waals surface area contributed by atoms with Crippen molar-refractivity contribution in [2.75, 3.05) is 0 Å². The van der Waals surface area contributed by atoms with Crippen LogP contribution in [0.1, 0.15) is 58.2 Å². The summed E-state index contributed by atoms with van der Waals surface area (Å²) in [6.45, 7) is 0. The Morgan fingerprint density at radius 1 is 0.407 bits per heavy atom. The predicted octanol–water partition coefficient (Wildman–Crippen LogP) is 6.40. The molecule has 5 aromatic rings. The van der Waals surface area contributed by atoms with Gasteiger partial charge in [0.15, 0.2) is 24.1 Å². The molecule has 0 radical (unpaired) electrons. The molecule has 2 fully saturated rings. The maximum absolute atomic E-state index is 13.9. The third-order valence-electron chi connectivity index (χ3n) is 9.82. The summed E-state index contributed by atoms with van der Waals surface area (Å²) in [5.41, 5.74) is 1.05. The van der Waals surface area contributed by atoms with E-state index >= 15 is 0 Å². The summed E-state index contributed by atoms with van der Waals surface area (Å²) in [6, 6.07) is 40.8. The first-order valence-corrected chi connectivity index (χ1v) is 17.6. The molecule has 10 heteroatoms. The van der Waals surface area contributed by atoms with Crippen LogP contribution in [-0.4, -0.2) is 65.3 Å². The van der Waals surface area contributed by atoms with E-state index in [1.54, 1.807) is 103 Å². The first-order chi connectivity index (χ1) is 26.3. The van der Waals surface area contributed by atoms with Gasteiger partial charge in [-0.25, -0.2) is 19.2 Å². The molecule has 0 amide bonds. The monoisotopic (exact) mass is 724 g/mol. The fraction of sp³-hybridized carbons (Fsp3) is 0.205. The zero-order chi connectivity index (χ0) is 37.6. The number of hydrogen-bond donors (Lipinski definition) is 1. The largest absolute Gasteiger partial charge is 0.454 e. The quantitative estimate of drug-likeness (QED) is 0.0924. The Morgan fingerprint density at radius 2 is 0.704 bits per heavy atom. The SMILES string of the molecule is O=C(O[C@@H]1[C@@H](OC(=O)c2ccccc2)[C@H](OC(=O)c2ccccc2)[C@@H](C2CC2C(=O)c2ccccc2)[C@@H](O)[C@H]1OC(=O)c1ccccc1)c1ccccc1. The van der Waals surface area contributed by atoms with E-state index in [0.29, 0.717) is 12.0 Å². The van der Waals surface area contributed by atoms with Crippen molar-refractivity contribution < 1.29 is 48.0 Å². The molecule has 2 aliphatic rings. The van der Waals surface area contributed by atoms with Crippen LogP contribution in [0.3, 0.4) is 0 Å². The summed E-state index contributed by atoms with van der Waals surface area (Å²) in [5, 5.41) is 12.4. The second-order valence-corrected chi connectivity index (χ2v) is 13.2. The minimum absolute atomic E-state index is 0.129. The highest BCUT2D eigenvalue weighted by Gasteiger charge is 2.64. The third-order valence-corrected chi connectivity index (χ3v) is 9.82. The number of Topliss-reactive ketones (excluding diaryl/α,β-unsaturated/α-hetero) is 1. The summed E-state index contributed by atoms with van der Waals surface area (Å²) in [4.78, 5) is 68.9. The Labute approximate surface area is 311 Å². The van der Waals surface area contributed by atoms with Gasteiger partial charge in [0, 0.05) is 17.4 Å². The van der Waals surface area contributed by atoms with Crippen LogP contribution in [0.4, 0.5) is 0 Å². The molecule has 272 valence electrons. The van der Waals surface area contributed by atoms with Gasteiger partial charge in [0.25, 0.3) is 0 Å². The number of carbonyl (C=O) groups excluding carboxylic acids is 5. The number of rotatable bonds is 11. The molecule has 0 aliphatic heterocycles. The van der Waals surface area contributed by atoms with E-state index in [-0.39, 0.29) is 28.0 Å². The van der Waals surface area contributed by atoms with Gasteiger partial charge in [-0.1, -0.05) is 103 Å². The number of aliphatic hydroxyl groups is 1. The summed E-state index contributed by atoms with van der Waals surface area (Å²) in [6.07, 6.45) is -7.77.